The highest BCUT2D eigenvalue weighted by Crippen LogP contribution is 2.10. The van der Waals surface area contributed by atoms with Gasteiger partial charge < -0.3 is 15.4 Å². The van der Waals surface area contributed by atoms with E-state index in [9.17, 15) is 8.42 Å². The van der Waals surface area contributed by atoms with Gasteiger partial charge in [-0.25, -0.2) is 8.42 Å². The number of nitrogens with zero attached hydrogens (tertiary/aromatic N) is 1. The van der Waals surface area contributed by atoms with Crippen LogP contribution >= 0.6 is 0 Å². The number of guanidine groups is 1. The summed E-state index contributed by atoms with van der Waals surface area (Å²) >= 11 is 0. The van der Waals surface area contributed by atoms with Crippen LogP contribution in [0.4, 0.5) is 0 Å². The van der Waals surface area contributed by atoms with Crippen molar-refractivity contribution in [3.63, 3.8) is 0 Å². The van der Waals surface area contributed by atoms with Gasteiger partial charge in [-0.2, -0.15) is 0 Å². The molecule has 118 valence electrons. The maximum Gasteiger partial charge on any atom is 0.191 e. The fourth-order valence-corrected chi connectivity index (χ4v) is 3.75. The third-order valence-electron chi connectivity index (χ3n) is 3.09. The van der Waals surface area contributed by atoms with Gasteiger partial charge in [0.05, 0.1) is 11.5 Å². The predicted octanol–water partition coefficient (Wildman–Crippen LogP) is 0.545. The molecule has 1 fully saturated rings. The molecule has 0 aromatic carbocycles. The van der Waals surface area contributed by atoms with Gasteiger partial charge >= 0.3 is 0 Å². The Kier molecular flexibility index (Phi) is 7.91. The number of rotatable bonds is 8. The maximum absolute atomic E-state index is 11.4. The van der Waals surface area contributed by atoms with Crippen molar-refractivity contribution in [3.8, 4) is 0 Å². The predicted molar refractivity (Wildman–Crippen MR) is 81.9 cm³/mol. The standard InChI is InChI=1S/C13H27N3O3S/c1-3-14-13(15-8-5-6-9-19-4-2)16-12-7-10-20(17,18)11-12/h12H,3-11H2,1-2H3,(H2,14,15,16). The van der Waals surface area contributed by atoms with Crippen LogP contribution in [0.3, 0.4) is 0 Å². The summed E-state index contributed by atoms with van der Waals surface area (Å²) in [5, 5.41) is 6.35. The van der Waals surface area contributed by atoms with Crippen LogP contribution in [-0.2, 0) is 14.6 Å². The zero-order chi connectivity index (χ0) is 14.8. The molecular formula is C13H27N3O3S. The van der Waals surface area contributed by atoms with Gasteiger partial charge in [0.15, 0.2) is 15.8 Å². The first-order chi connectivity index (χ1) is 9.57. The largest absolute Gasteiger partial charge is 0.382 e. The summed E-state index contributed by atoms with van der Waals surface area (Å²) in [5.74, 6) is 1.20. The van der Waals surface area contributed by atoms with E-state index in [0.29, 0.717) is 12.4 Å². The number of unbranched alkanes of at least 4 members (excludes halogenated alkanes) is 1. The molecule has 1 aliphatic heterocycles. The zero-order valence-electron chi connectivity index (χ0n) is 12.5. The third-order valence-corrected chi connectivity index (χ3v) is 4.86. The van der Waals surface area contributed by atoms with Crippen LogP contribution in [0.2, 0.25) is 0 Å². The number of sulfone groups is 1. The number of ether oxygens (including phenoxy) is 1. The highest BCUT2D eigenvalue weighted by molar-refractivity contribution is 7.91. The normalized spacial score (nSPS) is 21.9. The average molecular weight is 305 g/mol. The Labute approximate surface area is 122 Å². The molecule has 0 bridgehead atoms. The number of nitrogens with one attached hydrogen (secondary N) is 2. The fraction of sp³-hybridized carbons (Fsp3) is 0.923. The molecule has 0 aliphatic carbocycles. The van der Waals surface area contributed by atoms with Gasteiger partial charge in [-0.05, 0) is 33.1 Å². The van der Waals surface area contributed by atoms with Crippen molar-refractivity contribution < 1.29 is 13.2 Å². The smallest absolute Gasteiger partial charge is 0.191 e. The second kappa shape index (κ2) is 9.18. The van der Waals surface area contributed by atoms with Crippen LogP contribution in [0, 0.1) is 0 Å². The number of hydrogen-bond acceptors (Lipinski definition) is 4. The van der Waals surface area contributed by atoms with Crippen molar-refractivity contribution in [1.29, 1.82) is 0 Å². The van der Waals surface area contributed by atoms with Gasteiger partial charge in [-0.15, -0.1) is 0 Å². The van der Waals surface area contributed by atoms with Crippen LogP contribution < -0.4 is 10.6 Å². The van der Waals surface area contributed by atoms with E-state index in [4.69, 9.17) is 4.74 Å². The topological polar surface area (TPSA) is 79.8 Å². The van der Waals surface area contributed by atoms with Crippen LogP contribution in [0.1, 0.15) is 33.1 Å². The molecule has 7 heteroatoms. The minimum Gasteiger partial charge on any atom is -0.382 e. The molecule has 0 aromatic rings. The first-order valence-corrected chi connectivity index (χ1v) is 9.22. The summed E-state index contributed by atoms with van der Waals surface area (Å²) < 4.78 is 28.1. The Hall–Kier alpha value is -0.820. The number of hydrogen-bond donors (Lipinski definition) is 2. The van der Waals surface area contributed by atoms with E-state index in [2.05, 4.69) is 15.6 Å². The van der Waals surface area contributed by atoms with Crippen molar-refractivity contribution in [2.45, 2.75) is 39.2 Å². The van der Waals surface area contributed by atoms with E-state index < -0.39 is 9.84 Å². The van der Waals surface area contributed by atoms with Gasteiger partial charge in [-0.1, -0.05) is 0 Å². The minimum atomic E-state index is -2.85. The summed E-state index contributed by atoms with van der Waals surface area (Å²) in [6, 6.07) is -0.0128. The Morgan fingerprint density at radius 2 is 2.15 bits per heavy atom. The molecule has 1 unspecified atom stereocenters. The lowest BCUT2D eigenvalue weighted by molar-refractivity contribution is 0.144. The molecule has 0 aromatic heterocycles. The fourth-order valence-electron chi connectivity index (χ4n) is 2.07. The highest BCUT2D eigenvalue weighted by atomic mass is 32.2. The first kappa shape index (κ1) is 17.2. The molecule has 1 rings (SSSR count). The van der Waals surface area contributed by atoms with Crippen molar-refractivity contribution in [1.82, 2.24) is 10.6 Å². The minimum absolute atomic E-state index is 0.0128. The van der Waals surface area contributed by atoms with E-state index in [-0.39, 0.29) is 17.5 Å². The van der Waals surface area contributed by atoms with E-state index in [1.165, 1.54) is 0 Å². The highest BCUT2D eigenvalue weighted by Gasteiger charge is 2.28. The van der Waals surface area contributed by atoms with E-state index in [0.717, 1.165) is 39.1 Å². The molecule has 6 nitrogen and oxygen atoms in total. The summed E-state index contributed by atoms with van der Waals surface area (Å²) in [6.45, 7) is 7.01. The van der Waals surface area contributed by atoms with Crippen molar-refractivity contribution in [3.05, 3.63) is 0 Å². The van der Waals surface area contributed by atoms with Gasteiger partial charge in [0.25, 0.3) is 0 Å². The molecule has 1 saturated heterocycles. The number of aliphatic imine (C=N–C) groups is 1. The van der Waals surface area contributed by atoms with Crippen LogP contribution in [-0.4, -0.2) is 58.2 Å². The van der Waals surface area contributed by atoms with Gasteiger partial charge in [-0.3, -0.25) is 4.99 Å². The monoisotopic (exact) mass is 305 g/mol. The van der Waals surface area contributed by atoms with Crippen LogP contribution in [0.15, 0.2) is 4.99 Å². The first-order valence-electron chi connectivity index (χ1n) is 7.40. The molecule has 1 atom stereocenters. The Morgan fingerprint density at radius 1 is 1.35 bits per heavy atom. The SMILES string of the molecule is CCNC(=NCCCCOCC)NC1CCS(=O)(=O)C1. The lowest BCUT2D eigenvalue weighted by Crippen LogP contribution is -2.44. The molecule has 0 radical (unpaired) electrons. The van der Waals surface area contributed by atoms with Crippen LogP contribution in [0.5, 0.6) is 0 Å². The molecule has 1 heterocycles. The van der Waals surface area contributed by atoms with Gasteiger partial charge in [0, 0.05) is 32.3 Å². The van der Waals surface area contributed by atoms with E-state index >= 15 is 0 Å². The molecule has 0 amide bonds. The molecule has 1 aliphatic rings. The Balaban J connectivity index is 2.32. The molecule has 20 heavy (non-hydrogen) atoms. The van der Waals surface area contributed by atoms with Gasteiger partial charge in [0.1, 0.15) is 0 Å². The van der Waals surface area contributed by atoms with E-state index in [1.807, 2.05) is 13.8 Å². The summed E-state index contributed by atoms with van der Waals surface area (Å²) in [7, 11) is -2.85. The van der Waals surface area contributed by atoms with Crippen LogP contribution in [0.25, 0.3) is 0 Å². The van der Waals surface area contributed by atoms with Crippen molar-refractivity contribution in [2.24, 2.45) is 4.99 Å². The van der Waals surface area contributed by atoms with Crippen molar-refractivity contribution >= 4 is 15.8 Å². The second-order valence-electron chi connectivity index (χ2n) is 4.91. The molecule has 0 saturated carbocycles. The average Bonchev–Trinajstić information content (AvgIpc) is 2.73. The molecule has 2 N–H and O–H groups in total. The van der Waals surface area contributed by atoms with Gasteiger partial charge in [0.2, 0.25) is 0 Å². The molecular weight excluding hydrogens is 278 g/mol. The summed E-state index contributed by atoms with van der Waals surface area (Å²) in [4.78, 5) is 4.47. The lowest BCUT2D eigenvalue weighted by atomic mass is 10.3. The second-order valence-corrected chi connectivity index (χ2v) is 7.14. The quantitative estimate of drug-likeness (QED) is 0.389. The maximum atomic E-state index is 11.4. The summed E-state index contributed by atoms with van der Waals surface area (Å²) in [6.07, 6.45) is 2.63. The third kappa shape index (κ3) is 7.09. The summed E-state index contributed by atoms with van der Waals surface area (Å²) in [5.41, 5.74) is 0. The Bertz CT molecular complexity index is 396. The lowest BCUT2D eigenvalue weighted by Gasteiger charge is -2.15. The van der Waals surface area contributed by atoms with Crippen molar-refractivity contribution in [2.75, 3.05) is 37.8 Å². The molecule has 0 spiro atoms. The zero-order valence-corrected chi connectivity index (χ0v) is 13.3. The Morgan fingerprint density at radius 3 is 2.75 bits per heavy atom. The van der Waals surface area contributed by atoms with E-state index in [1.54, 1.807) is 0 Å².